The van der Waals surface area contributed by atoms with Crippen LogP contribution >= 0.6 is 0 Å². The van der Waals surface area contributed by atoms with Crippen LogP contribution in [0.2, 0.25) is 0 Å². The molecular weight excluding hydrogens is 290 g/mol. The van der Waals surface area contributed by atoms with Gasteiger partial charge in [0.1, 0.15) is 0 Å². The quantitative estimate of drug-likeness (QED) is 0.864. The number of aliphatic hydroxyl groups is 1. The second-order valence-corrected chi connectivity index (χ2v) is 6.79. The van der Waals surface area contributed by atoms with Gasteiger partial charge >= 0.3 is 0 Å². The maximum absolute atomic E-state index is 12.5. The molecule has 23 heavy (non-hydrogen) atoms. The van der Waals surface area contributed by atoms with Crippen molar-refractivity contribution < 1.29 is 9.90 Å². The van der Waals surface area contributed by atoms with Crippen molar-refractivity contribution >= 4 is 5.91 Å². The minimum Gasteiger partial charge on any atom is -0.392 e. The highest BCUT2D eigenvalue weighted by Gasteiger charge is 2.33. The molecule has 5 heteroatoms. The molecule has 1 amide bonds. The molecule has 1 aromatic carbocycles. The molecule has 0 unspecified atom stereocenters. The van der Waals surface area contributed by atoms with Gasteiger partial charge in [0.25, 0.3) is 0 Å². The summed E-state index contributed by atoms with van der Waals surface area (Å²) in [5, 5.41) is 12.7. The Balaban J connectivity index is 1.47. The second-order valence-electron chi connectivity index (χ2n) is 6.79. The normalized spacial score (nSPS) is 26.3. The lowest BCUT2D eigenvalue weighted by Crippen LogP contribution is -2.50. The van der Waals surface area contributed by atoms with Crippen LogP contribution in [-0.2, 0) is 11.3 Å². The molecule has 0 saturated carbocycles. The number of aliphatic hydroxyl groups excluding tert-OH is 1. The lowest BCUT2D eigenvalue weighted by molar-refractivity contribution is -0.134. The molecule has 3 rings (SSSR count). The third kappa shape index (κ3) is 4.10. The SMILES string of the molecule is CN(C(=O)[C@@H]1C[C@@H](O)CN1)C1CCN(Cc2ccccc2)CC1. The summed E-state index contributed by atoms with van der Waals surface area (Å²) in [4.78, 5) is 16.9. The van der Waals surface area contributed by atoms with Gasteiger partial charge in [0, 0.05) is 39.3 Å². The van der Waals surface area contributed by atoms with Crippen molar-refractivity contribution in [3.8, 4) is 0 Å². The number of amides is 1. The van der Waals surface area contributed by atoms with E-state index in [1.54, 1.807) is 0 Å². The zero-order valence-electron chi connectivity index (χ0n) is 13.8. The Kier molecular flexibility index (Phi) is 5.30. The molecule has 2 saturated heterocycles. The minimum absolute atomic E-state index is 0.128. The summed E-state index contributed by atoms with van der Waals surface area (Å²) in [5.74, 6) is 0.128. The van der Waals surface area contributed by atoms with Gasteiger partial charge in [-0.15, -0.1) is 0 Å². The van der Waals surface area contributed by atoms with E-state index in [2.05, 4.69) is 34.5 Å². The summed E-state index contributed by atoms with van der Waals surface area (Å²) in [6.07, 6.45) is 2.19. The van der Waals surface area contributed by atoms with Gasteiger partial charge in [0.05, 0.1) is 12.1 Å². The minimum atomic E-state index is -0.384. The van der Waals surface area contributed by atoms with Crippen LogP contribution in [0.5, 0.6) is 0 Å². The van der Waals surface area contributed by atoms with Crippen molar-refractivity contribution in [2.75, 3.05) is 26.7 Å². The van der Waals surface area contributed by atoms with Crippen molar-refractivity contribution in [3.05, 3.63) is 35.9 Å². The van der Waals surface area contributed by atoms with Crippen LogP contribution in [0.3, 0.4) is 0 Å². The number of benzene rings is 1. The number of likely N-dealkylation sites (tertiary alicyclic amines) is 1. The Hall–Kier alpha value is -1.43. The van der Waals surface area contributed by atoms with Crippen molar-refractivity contribution in [2.24, 2.45) is 0 Å². The van der Waals surface area contributed by atoms with Gasteiger partial charge in [-0.05, 0) is 24.8 Å². The first-order valence-corrected chi connectivity index (χ1v) is 8.58. The van der Waals surface area contributed by atoms with Gasteiger partial charge in [-0.1, -0.05) is 30.3 Å². The Morgan fingerprint density at radius 1 is 1.30 bits per heavy atom. The average molecular weight is 317 g/mol. The zero-order chi connectivity index (χ0) is 16.2. The van der Waals surface area contributed by atoms with Crippen LogP contribution in [0.25, 0.3) is 0 Å². The molecule has 2 aliphatic rings. The third-order valence-corrected chi connectivity index (χ3v) is 5.11. The van der Waals surface area contributed by atoms with Crippen molar-refractivity contribution in [1.82, 2.24) is 15.1 Å². The Labute approximate surface area is 138 Å². The maximum Gasteiger partial charge on any atom is 0.239 e. The fourth-order valence-electron chi connectivity index (χ4n) is 3.64. The molecule has 2 N–H and O–H groups in total. The molecule has 0 radical (unpaired) electrons. The molecule has 126 valence electrons. The predicted octanol–water partition coefficient (Wildman–Crippen LogP) is 0.832. The summed E-state index contributed by atoms with van der Waals surface area (Å²) < 4.78 is 0. The maximum atomic E-state index is 12.5. The number of β-amino-alcohol motifs (C(OH)–C–C–N with tert-alkyl or cyclic N) is 1. The molecule has 5 nitrogen and oxygen atoms in total. The second kappa shape index (κ2) is 7.43. The Morgan fingerprint density at radius 3 is 2.61 bits per heavy atom. The number of piperidine rings is 1. The first kappa shape index (κ1) is 16.4. The van der Waals surface area contributed by atoms with Crippen LogP contribution in [-0.4, -0.2) is 65.7 Å². The van der Waals surface area contributed by atoms with E-state index in [1.807, 2.05) is 18.0 Å². The fourth-order valence-corrected chi connectivity index (χ4v) is 3.64. The van der Waals surface area contributed by atoms with Gasteiger partial charge in [0.2, 0.25) is 5.91 Å². The van der Waals surface area contributed by atoms with Gasteiger partial charge in [-0.2, -0.15) is 0 Å². The molecule has 2 aliphatic heterocycles. The molecule has 2 heterocycles. The van der Waals surface area contributed by atoms with Gasteiger partial charge in [-0.3, -0.25) is 9.69 Å². The monoisotopic (exact) mass is 317 g/mol. The van der Waals surface area contributed by atoms with E-state index in [-0.39, 0.29) is 18.1 Å². The third-order valence-electron chi connectivity index (χ3n) is 5.11. The number of nitrogens with one attached hydrogen (secondary N) is 1. The van der Waals surface area contributed by atoms with Crippen LogP contribution in [0, 0.1) is 0 Å². The van der Waals surface area contributed by atoms with Crippen LogP contribution < -0.4 is 5.32 Å². The van der Waals surface area contributed by atoms with Gasteiger partial charge in [-0.25, -0.2) is 0 Å². The lowest BCUT2D eigenvalue weighted by atomic mass is 10.0. The van der Waals surface area contributed by atoms with E-state index in [4.69, 9.17) is 0 Å². The number of carbonyl (C=O) groups excluding carboxylic acids is 1. The topological polar surface area (TPSA) is 55.8 Å². The van der Waals surface area contributed by atoms with Crippen molar-refractivity contribution in [3.63, 3.8) is 0 Å². The largest absolute Gasteiger partial charge is 0.392 e. The van der Waals surface area contributed by atoms with Crippen LogP contribution in [0.15, 0.2) is 30.3 Å². The highest BCUT2D eigenvalue weighted by atomic mass is 16.3. The van der Waals surface area contributed by atoms with Crippen LogP contribution in [0.1, 0.15) is 24.8 Å². The molecule has 0 aliphatic carbocycles. The standard InChI is InChI=1S/C18H27N3O2/c1-20(18(23)17-11-16(22)12-19-17)15-7-9-21(10-8-15)13-14-5-3-2-4-6-14/h2-6,15-17,19,22H,7-13H2,1H3/t16-,17+/m1/s1. The van der Waals surface area contributed by atoms with Gasteiger partial charge < -0.3 is 15.3 Å². The number of carbonyl (C=O) groups is 1. The van der Waals surface area contributed by atoms with E-state index in [1.165, 1.54) is 5.56 Å². The van der Waals surface area contributed by atoms with E-state index in [9.17, 15) is 9.90 Å². The van der Waals surface area contributed by atoms with E-state index >= 15 is 0 Å². The van der Waals surface area contributed by atoms with Crippen molar-refractivity contribution in [2.45, 2.75) is 44.0 Å². The smallest absolute Gasteiger partial charge is 0.239 e. The summed E-state index contributed by atoms with van der Waals surface area (Å²) in [6, 6.07) is 10.6. The summed E-state index contributed by atoms with van der Waals surface area (Å²) >= 11 is 0. The number of hydrogen-bond donors (Lipinski definition) is 2. The molecule has 2 fully saturated rings. The molecule has 0 spiro atoms. The molecule has 1 aromatic rings. The number of rotatable bonds is 4. The van der Waals surface area contributed by atoms with Crippen LogP contribution in [0.4, 0.5) is 0 Å². The number of likely N-dealkylation sites (N-methyl/N-ethyl adjacent to an activating group) is 1. The fraction of sp³-hybridized carbons (Fsp3) is 0.611. The van der Waals surface area contributed by atoms with Gasteiger partial charge in [0.15, 0.2) is 0 Å². The van der Waals surface area contributed by atoms with Crippen molar-refractivity contribution in [1.29, 1.82) is 0 Å². The predicted molar refractivity (Wildman–Crippen MR) is 89.9 cm³/mol. The van der Waals surface area contributed by atoms with E-state index in [0.29, 0.717) is 19.0 Å². The summed E-state index contributed by atoms with van der Waals surface area (Å²) in [6.45, 7) is 3.57. The van der Waals surface area contributed by atoms with E-state index in [0.717, 1.165) is 32.5 Å². The molecular formula is C18H27N3O2. The first-order chi connectivity index (χ1) is 11.1. The highest BCUT2D eigenvalue weighted by molar-refractivity contribution is 5.82. The molecule has 0 aromatic heterocycles. The summed E-state index contributed by atoms with van der Waals surface area (Å²) in [5.41, 5.74) is 1.35. The number of nitrogens with zero attached hydrogens (tertiary/aromatic N) is 2. The Morgan fingerprint density at radius 2 is 2.00 bits per heavy atom. The summed E-state index contributed by atoms with van der Waals surface area (Å²) in [7, 11) is 1.91. The zero-order valence-corrected chi connectivity index (χ0v) is 13.8. The molecule has 2 atom stereocenters. The highest BCUT2D eigenvalue weighted by Crippen LogP contribution is 2.19. The number of hydrogen-bond acceptors (Lipinski definition) is 4. The lowest BCUT2D eigenvalue weighted by Gasteiger charge is -2.37. The Bertz CT molecular complexity index is 514. The first-order valence-electron chi connectivity index (χ1n) is 8.58. The van der Waals surface area contributed by atoms with E-state index < -0.39 is 0 Å². The molecule has 0 bridgehead atoms. The average Bonchev–Trinajstić information content (AvgIpc) is 3.02.